The minimum Gasteiger partial charge on any atom is -0.406 e. The summed E-state index contributed by atoms with van der Waals surface area (Å²) in [4.78, 5) is 18.8. The maximum absolute atomic E-state index is 12.6. The topological polar surface area (TPSA) is 146 Å². The maximum Gasteiger partial charge on any atom is 0.573 e. The summed E-state index contributed by atoms with van der Waals surface area (Å²) in [6, 6.07) is 6.62. The van der Waals surface area contributed by atoms with Crippen LogP contribution in [0.1, 0.15) is 55.1 Å². The first-order chi connectivity index (χ1) is 20.5. The van der Waals surface area contributed by atoms with E-state index in [0.717, 1.165) is 28.8 Å². The lowest BCUT2D eigenvalue weighted by molar-refractivity contribution is -0.274. The molecule has 1 aromatic carbocycles. The molecule has 236 valence electrons. The molecule has 3 aromatic heterocycles. The van der Waals surface area contributed by atoms with Crippen molar-refractivity contribution >= 4 is 45.7 Å². The van der Waals surface area contributed by atoms with Gasteiger partial charge in [0.15, 0.2) is 0 Å². The molecule has 2 aliphatic rings. The molecule has 0 amide bonds. The number of hydrogen-bond donors (Lipinski definition) is 5. The zero-order valence-corrected chi connectivity index (χ0v) is 25.4. The molecule has 6 rings (SSSR count). The summed E-state index contributed by atoms with van der Waals surface area (Å²) in [7, 11) is 0. The summed E-state index contributed by atoms with van der Waals surface area (Å²) in [5.74, 6) is 0.320. The van der Waals surface area contributed by atoms with Gasteiger partial charge in [0, 0.05) is 24.1 Å². The van der Waals surface area contributed by atoms with Gasteiger partial charge in [0.25, 0.3) is 0 Å². The second-order valence-corrected chi connectivity index (χ2v) is 12.2. The number of thiazole rings is 1. The number of aliphatic hydroxyl groups excluding tert-OH is 3. The number of hydrogen-bond acceptors (Lipinski definition) is 11. The maximum atomic E-state index is 12.6. The minimum atomic E-state index is -4.78. The number of aryl methyl sites for hydroxylation is 1. The average Bonchev–Trinajstić information content (AvgIpc) is 3.66. The SMILES string of the molecule is Cc1nc(N[C@H](C)c2ccc(OC(F)(F)F)cc2)nc(N[C@@H]2C[C@H](CO)[C@@H](O)[C@H]2O)c1-c1nc2cnc(C3CC3)cc2s1.Cl. The average molecular weight is 653 g/mol. The quantitative estimate of drug-likeness (QED) is 0.161. The van der Waals surface area contributed by atoms with Crippen LogP contribution < -0.4 is 15.4 Å². The number of halogens is 4. The fraction of sp³-hybridized carbons (Fsp3) is 0.448. The molecule has 44 heavy (non-hydrogen) atoms. The molecule has 0 bridgehead atoms. The van der Waals surface area contributed by atoms with E-state index < -0.39 is 30.5 Å². The number of rotatable bonds is 9. The van der Waals surface area contributed by atoms with Crippen LogP contribution >= 0.6 is 23.7 Å². The van der Waals surface area contributed by atoms with Crippen molar-refractivity contribution in [1.82, 2.24) is 19.9 Å². The number of anilines is 2. The number of pyridine rings is 1. The number of benzene rings is 1. The van der Waals surface area contributed by atoms with E-state index in [0.29, 0.717) is 40.0 Å². The van der Waals surface area contributed by atoms with Crippen LogP contribution in [0.25, 0.3) is 20.8 Å². The van der Waals surface area contributed by atoms with Gasteiger partial charge in [0.1, 0.15) is 28.2 Å². The molecule has 2 fully saturated rings. The van der Waals surface area contributed by atoms with E-state index in [1.165, 1.54) is 35.6 Å². The van der Waals surface area contributed by atoms with Gasteiger partial charge in [-0.1, -0.05) is 12.1 Å². The zero-order valence-electron chi connectivity index (χ0n) is 23.7. The summed E-state index contributed by atoms with van der Waals surface area (Å²) < 4.78 is 42.6. The molecule has 10 nitrogen and oxygen atoms in total. The molecule has 0 saturated heterocycles. The number of aromatic nitrogens is 4. The number of nitrogens with one attached hydrogen (secondary N) is 2. The van der Waals surface area contributed by atoms with E-state index in [1.54, 1.807) is 6.20 Å². The molecule has 0 aliphatic heterocycles. The summed E-state index contributed by atoms with van der Waals surface area (Å²) in [5.41, 5.74) is 3.72. The minimum absolute atomic E-state index is 0. The van der Waals surface area contributed by atoms with E-state index in [2.05, 4.69) is 31.4 Å². The molecule has 15 heteroatoms. The predicted octanol–water partition coefficient (Wildman–Crippen LogP) is 5.34. The predicted molar refractivity (Wildman–Crippen MR) is 162 cm³/mol. The molecule has 0 radical (unpaired) electrons. The third kappa shape index (κ3) is 6.84. The van der Waals surface area contributed by atoms with Gasteiger partial charge in [-0.05, 0) is 56.9 Å². The first kappa shape index (κ1) is 32.1. The molecule has 5 atom stereocenters. The van der Waals surface area contributed by atoms with E-state index in [9.17, 15) is 28.5 Å². The highest BCUT2D eigenvalue weighted by molar-refractivity contribution is 7.21. The third-order valence-electron chi connectivity index (χ3n) is 7.91. The fourth-order valence-electron chi connectivity index (χ4n) is 5.41. The Morgan fingerprint density at radius 2 is 1.82 bits per heavy atom. The van der Waals surface area contributed by atoms with E-state index in [4.69, 9.17) is 9.97 Å². The summed E-state index contributed by atoms with van der Waals surface area (Å²) in [5, 5.41) is 38.0. The molecule has 0 spiro atoms. The second kappa shape index (κ2) is 12.6. The molecule has 5 N–H and O–H groups in total. The summed E-state index contributed by atoms with van der Waals surface area (Å²) in [6.45, 7) is 3.37. The van der Waals surface area contributed by atoms with Crippen LogP contribution in [0.4, 0.5) is 24.9 Å². The van der Waals surface area contributed by atoms with Gasteiger partial charge in [-0.25, -0.2) is 9.97 Å². The number of nitrogens with zero attached hydrogens (tertiary/aromatic N) is 4. The Labute approximate surface area is 261 Å². The first-order valence-corrected chi connectivity index (χ1v) is 14.8. The standard InChI is InChI=1S/C29H31F3N6O4S.ClH/c1-13(15-5-7-18(8-6-15)42-29(30,31)32)34-28-35-14(2)23(26(38-28)36-20-9-17(12-39)24(40)25(20)41)27-37-21-11-33-19(16-3-4-16)10-22(21)43-27;/h5-8,10-11,13,16-17,20,24-25,39-41H,3-4,9,12H2,1-2H3,(H2,34,35,36,38);1H/t13-,17-,20-,24-,25+;/m1./s1. The van der Waals surface area contributed by atoms with Crippen molar-refractivity contribution in [2.75, 3.05) is 17.2 Å². The summed E-state index contributed by atoms with van der Waals surface area (Å²) in [6.07, 6.45) is -2.64. The van der Waals surface area contributed by atoms with Crippen LogP contribution in [0.2, 0.25) is 0 Å². The summed E-state index contributed by atoms with van der Waals surface area (Å²) >= 11 is 1.49. The molecule has 2 saturated carbocycles. The number of fused-ring (bicyclic) bond motifs is 1. The molecule has 4 aromatic rings. The Kier molecular flexibility index (Phi) is 9.19. The van der Waals surface area contributed by atoms with Gasteiger partial charge in [-0.3, -0.25) is 4.98 Å². The van der Waals surface area contributed by atoms with Crippen LogP contribution in [0.15, 0.2) is 36.5 Å². The molecular formula is C29H32ClF3N6O4S. The van der Waals surface area contributed by atoms with Crippen LogP contribution in [0.3, 0.4) is 0 Å². The van der Waals surface area contributed by atoms with Crippen LogP contribution in [-0.4, -0.2) is 66.5 Å². The Morgan fingerprint density at radius 3 is 2.45 bits per heavy atom. The molecule has 2 aliphatic carbocycles. The van der Waals surface area contributed by atoms with Gasteiger partial charge in [0.05, 0.1) is 40.3 Å². The molecule has 3 heterocycles. The normalized spacial score (nSPS) is 22.5. The Balaban J connectivity index is 0.00000384. The molecular weight excluding hydrogens is 621 g/mol. The number of aliphatic hydroxyl groups is 3. The number of ether oxygens (including phenoxy) is 1. The van der Waals surface area contributed by atoms with Gasteiger partial charge in [-0.2, -0.15) is 4.98 Å². The largest absolute Gasteiger partial charge is 0.573 e. The van der Waals surface area contributed by atoms with Crippen molar-refractivity contribution < 1.29 is 33.2 Å². The number of alkyl halides is 3. The van der Waals surface area contributed by atoms with Crippen molar-refractivity contribution in [1.29, 1.82) is 0 Å². The van der Waals surface area contributed by atoms with Crippen molar-refractivity contribution in [2.45, 2.75) is 69.7 Å². The van der Waals surface area contributed by atoms with Crippen molar-refractivity contribution in [3.8, 4) is 16.3 Å². The van der Waals surface area contributed by atoms with E-state index >= 15 is 0 Å². The Hall–Kier alpha value is -3.30. The van der Waals surface area contributed by atoms with Gasteiger partial charge in [-0.15, -0.1) is 36.9 Å². The van der Waals surface area contributed by atoms with Crippen LogP contribution in [-0.2, 0) is 0 Å². The first-order valence-electron chi connectivity index (χ1n) is 14.0. The monoisotopic (exact) mass is 652 g/mol. The Morgan fingerprint density at radius 1 is 1.09 bits per heavy atom. The highest BCUT2D eigenvalue weighted by Crippen LogP contribution is 2.42. The van der Waals surface area contributed by atoms with E-state index in [1.807, 2.05) is 13.8 Å². The van der Waals surface area contributed by atoms with Gasteiger partial charge in [0.2, 0.25) is 5.95 Å². The lowest BCUT2D eigenvalue weighted by atomic mass is 10.1. The van der Waals surface area contributed by atoms with E-state index in [-0.39, 0.29) is 36.8 Å². The highest BCUT2D eigenvalue weighted by atomic mass is 35.5. The van der Waals surface area contributed by atoms with Crippen LogP contribution in [0.5, 0.6) is 5.75 Å². The third-order valence-corrected chi connectivity index (χ3v) is 8.95. The van der Waals surface area contributed by atoms with Crippen molar-refractivity contribution in [3.63, 3.8) is 0 Å². The fourth-order valence-corrected chi connectivity index (χ4v) is 6.49. The van der Waals surface area contributed by atoms with Gasteiger partial charge < -0.3 is 30.7 Å². The second-order valence-electron chi connectivity index (χ2n) is 11.1. The highest BCUT2D eigenvalue weighted by Gasteiger charge is 2.41. The van der Waals surface area contributed by atoms with Crippen molar-refractivity contribution in [2.24, 2.45) is 5.92 Å². The Bertz CT molecular complexity index is 1620. The van der Waals surface area contributed by atoms with Gasteiger partial charge >= 0.3 is 6.36 Å². The van der Waals surface area contributed by atoms with Crippen LogP contribution in [0, 0.1) is 12.8 Å². The lowest BCUT2D eigenvalue weighted by Gasteiger charge is -2.22. The zero-order chi connectivity index (χ0) is 30.5. The molecule has 0 unspecified atom stereocenters. The smallest absolute Gasteiger partial charge is 0.406 e. The van der Waals surface area contributed by atoms with Crippen molar-refractivity contribution in [3.05, 3.63) is 53.5 Å². The lowest BCUT2D eigenvalue weighted by Crippen LogP contribution is -2.35.